The molecule has 1 fully saturated rings. The molecule has 19 heavy (non-hydrogen) atoms. The van der Waals surface area contributed by atoms with Crippen LogP contribution in [-0.2, 0) is 12.0 Å². The molecule has 2 rings (SSSR count). The summed E-state index contributed by atoms with van der Waals surface area (Å²) in [4.78, 5) is 8.81. The molecule has 2 heterocycles. The van der Waals surface area contributed by atoms with Crippen molar-refractivity contribution < 1.29 is 0 Å². The van der Waals surface area contributed by atoms with E-state index in [2.05, 4.69) is 37.9 Å². The summed E-state index contributed by atoms with van der Waals surface area (Å²) in [6.07, 6.45) is 3.81. The molecule has 0 bridgehead atoms. The zero-order valence-electron chi connectivity index (χ0n) is 12.8. The van der Waals surface area contributed by atoms with Crippen LogP contribution in [-0.4, -0.2) is 24.6 Å². The van der Waals surface area contributed by atoms with Crippen LogP contribution in [0, 0.1) is 0 Å². The fourth-order valence-electron chi connectivity index (χ4n) is 2.47. The third-order valence-electron chi connectivity index (χ3n) is 3.49. The van der Waals surface area contributed by atoms with Crippen LogP contribution >= 0.6 is 11.3 Å². The van der Waals surface area contributed by atoms with E-state index in [4.69, 9.17) is 4.98 Å². The van der Waals surface area contributed by atoms with E-state index in [0.717, 1.165) is 13.1 Å². The van der Waals surface area contributed by atoms with E-state index in [-0.39, 0.29) is 5.41 Å². The van der Waals surface area contributed by atoms with E-state index in [0.29, 0.717) is 0 Å². The van der Waals surface area contributed by atoms with Crippen LogP contribution in [0.5, 0.6) is 0 Å². The molecule has 1 aromatic heterocycles. The lowest BCUT2D eigenvalue weighted by molar-refractivity contribution is 0.559. The van der Waals surface area contributed by atoms with Crippen LogP contribution < -0.4 is 10.2 Å². The lowest BCUT2D eigenvalue weighted by atomic mass is 9.91. The van der Waals surface area contributed by atoms with Gasteiger partial charge in [-0.2, -0.15) is 0 Å². The lowest BCUT2D eigenvalue weighted by Crippen LogP contribution is -2.20. The van der Waals surface area contributed by atoms with Gasteiger partial charge < -0.3 is 10.2 Å². The Morgan fingerprint density at radius 1 is 1.26 bits per heavy atom. The summed E-state index contributed by atoms with van der Waals surface area (Å²) in [5.41, 5.74) is 1.42. The van der Waals surface area contributed by atoms with Gasteiger partial charge in [0.05, 0.1) is 5.69 Å². The highest BCUT2D eigenvalue weighted by molar-refractivity contribution is 7.15. The minimum absolute atomic E-state index is 0.137. The summed E-state index contributed by atoms with van der Waals surface area (Å²) in [6, 6.07) is 0. The van der Waals surface area contributed by atoms with Crippen LogP contribution in [0.3, 0.4) is 0 Å². The van der Waals surface area contributed by atoms with Crippen molar-refractivity contribution >= 4 is 16.5 Å². The first kappa shape index (κ1) is 14.8. The maximum Gasteiger partial charge on any atom is 0.185 e. The Labute approximate surface area is 121 Å². The fraction of sp³-hybridized carbons (Fsp3) is 0.800. The maximum absolute atomic E-state index is 4.95. The van der Waals surface area contributed by atoms with Crippen molar-refractivity contribution in [3.8, 4) is 0 Å². The molecular weight excluding hydrogens is 254 g/mol. The molecular formula is C15H27N3S. The molecule has 4 heteroatoms. The molecule has 1 aliphatic rings. The zero-order valence-corrected chi connectivity index (χ0v) is 13.6. The van der Waals surface area contributed by atoms with Crippen LogP contribution in [0.2, 0.25) is 0 Å². The van der Waals surface area contributed by atoms with Gasteiger partial charge in [0.25, 0.3) is 0 Å². The van der Waals surface area contributed by atoms with Gasteiger partial charge in [-0.3, -0.25) is 0 Å². The second-order valence-electron chi connectivity index (χ2n) is 6.39. The Bertz CT molecular complexity index is 400. The van der Waals surface area contributed by atoms with Crippen molar-refractivity contribution in [2.24, 2.45) is 0 Å². The number of thiazole rings is 1. The van der Waals surface area contributed by atoms with Crippen molar-refractivity contribution in [1.29, 1.82) is 0 Å². The highest BCUT2D eigenvalue weighted by Crippen LogP contribution is 2.34. The van der Waals surface area contributed by atoms with Crippen molar-refractivity contribution in [1.82, 2.24) is 10.3 Å². The molecule has 0 saturated carbocycles. The molecule has 3 nitrogen and oxygen atoms in total. The zero-order chi connectivity index (χ0) is 13.9. The second-order valence-corrected chi connectivity index (χ2v) is 7.45. The summed E-state index contributed by atoms with van der Waals surface area (Å²) in [7, 11) is 0. The Morgan fingerprint density at radius 2 is 1.95 bits per heavy atom. The number of hydrogen-bond donors (Lipinski definition) is 1. The molecule has 0 spiro atoms. The van der Waals surface area contributed by atoms with Gasteiger partial charge in [0.1, 0.15) is 0 Å². The number of nitrogens with one attached hydrogen (secondary N) is 1. The predicted octanol–water partition coefficient (Wildman–Crippen LogP) is 3.54. The van der Waals surface area contributed by atoms with Crippen molar-refractivity contribution in [2.75, 3.05) is 24.5 Å². The summed E-state index contributed by atoms with van der Waals surface area (Å²) in [5.74, 6) is 0. The van der Waals surface area contributed by atoms with E-state index in [1.54, 1.807) is 0 Å². The molecule has 0 unspecified atom stereocenters. The normalized spacial score (nSPS) is 16.3. The van der Waals surface area contributed by atoms with Crippen LogP contribution in [0.1, 0.15) is 57.5 Å². The summed E-state index contributed by atoms with van der Waals surface area (Å²) in [5, 5.41) is 4.75. The average Bonchev–Trinajstić information content (AvgIpc) is 2.96. The second kappa shape index (κ2) is 6.23. The molecule has 0 aromatic carbocycles. The Hall–Kier alpha value is -0.610. The first-order chi connectivity index (χ1) is 9.02. The molecule has 1 N–H and O–H groups in total. The quantitative estimate of drug-likeness (QED) is 0.837. The molecule has 108 valence electrons. The smallest absolute Gasteiger partial charge is 0.185 e. The molecule has 0 atom stereocenters. The van der Waals surface area contributed by atoms with Gasteiger partial charge in [0.15, 0.2) is 5.13 Å². The number of nitrogens with zero attached hydrogens (tertiary/aromatic N) is 2. The van der Waals surface area contributed by atoms with Gasteiger partial charge >= 0.3 is 0 Å². The fourth-order valence-corrected chi connectivity index (χ4v) is 3.76. The highest BCUT2D eigenvalue weighted by atomic mass is 32.1. The molecule has 1 aromatic rings. The van der Waals surface area contributed by atoms with E-state index >= 15 is 0 Å². The first-order valence-corrected chi connectivity index (χ1v) is 8.30. The largest absolute Gasteiger partial charge is 0.348 e. The summed E-state index contributed by atoms with van der Waals surface area (Å²) >= 11 is 1.89. The van der Waals surface area contributed by atoms with Crippen molar-refractivity contribution in [3.05, 3.63) is 10.6 Å². The standard InChI is InChI=1S/C15H27N3S/c1-5-8-16-11-12-13(15(2,3)4)17-14(19-12)18-9-6-7-10-18/h16H,5-11H2,1-4H3. The van der Waals surface area contributed by atoms with Crippen LogP contribution in [0.15, 0.2) is 0 Å². The van der Waals surface area contributed by atoms with Gasteiger partial charge in [-0.1, -0.05) is 27.7 Å². The van der Waals surface area contributed by atoms with Gasteiger partial charge in [0.2, 0.25) is 0 Å². The average molecular weight is 281 g/mol. The predicted molar refractivity (Wildman–Crippen MR) is 84.3 cm³/mol. The number of hydrogen-bond acceptors (Lipinski definition) is 4. The van der Waals surface area contributed by atoms with E-state index in [1.807, 2.05) is 11.3 Å². The lowest BCUT2D eigenvalue weighted by Gasteiger charge is -2.18. The van der Waals surface area contributed by atoms with E-state index in [1.165, 1.54) is 48.1 Å². The van der Waals surface area contributed by atoms with E-state index in [9.17, 15) is 0 Å². The Morgan fingerprint density at radius 3 is 2.53 bits per heavy atom. The Balaban J connectivity index is 2.18. The monoisotopic (exact) mass is 281 g/mol. The van der Waals surface area contributed by atoms with Gasteiger partial charge in [-0.15, -0.1) is 11.3 Å². The third-order valence-corrected chi connectivity index (χ3v) is 4.60. The SMILES string of the molecule is CCCNCc1sc(N2CCCC2)nc1C(C)(C)C. The van der Waals surface area contributed by atoms with E-state index < -0.39 is 0 Å². The summed E-state index contributed by atoms with van der Waals surface area (Å²) < 4.78 is 0. The highest BCUT2D eigenvalue weighted by Gasteiger charge is 2.25. The molecule has 0 radical (unpaired) electrons. The van der Waals surface area contributed by atoms with Gasteiger partial charge in [-0.05, 0) is 25.8 Å². The van der Waals surface area contributed by atoms with Crippen LogP contribution in [0.4, 0.5) is 5.13 Å². The number of rotatable bonds is 5. The molecule has 1 aliphatic heterocycles. The molecule has 1 saturated heterocycles. The van der Waals surface area contributed by atoms with Crippen molar-refractivity contribution in [3.63, 3.8) is 0 Å². The third kappa shape index (κ3) is 3.69. The van der Waals surface area contributed by atoms with Gasteiger partial charge in [0, 0.05) is 29.9 Å². The molecule has 0 amide bonds. The number of aromatic nitrogens is 1. The first-order valence-electron chi connectivity index (χ1n) is 7.48. The molecule has 0 aliphatic carbocycles. The topological polar surface area (TPSA) is 28.2 Å². The minimum Gasteiger partial charge on any atom is -0.348 e. The maximum atomic E-state index is 4.95. The van der Waals surface area contributed by atoms with Gasteiger partial charge in [-0.25, -0.2) is 4.98 Å². The number of anilines is 1. The van der Waals surface area contributed by atoms with Crippen molar-refractivity contribution in [2.45, 2.75) is 58.9 Å². The Kier molecular flexibility index (Phi) is 4.85. The van der Waals surface area contributed by atoms with Crippen LogP contribution in [0.25, 0.3) is 0 Å². The summed E-state index contributed by atoms with van der Waals surface area (Å²) in [6.45, 7) is 13.4. The minimum atomic E-state index is 0.137.